The SMILES string of the molecule is Cn1c(C(F)(F)F)cc(=O)n(-c2cc(Oc3ccccc3OCc3ccccc3)c(N)cc2F)c1=O. The van der Waals surface area contributed by atoms with Crippen LogP contribution < -0.4 is 26.5 Å². The smallest absolute Gasteiger partial charge is 0.431 e. The summed E-state index contributed by atoms with van der Waals surface area (Å²) in [6.07, 6.45) is -4.95. The molecule has 0 saturated heterocycles. The Labute approximate surface area is 201 Å². The number of rotatable bonds is 6. The summed E-state index contributed by atoms with van der Waals surface area (Å²) in [5.41, 5.74) is 1.76. The Hall–Kier alpha value is -4.54. The minimum absolute atomic E-state index is 0.143. The van der Waals surface area contributed by atoms with Crippen molar-refractivity contribution in [1.82, 2.24) is 9.13 Å². The molecular formula is C25H19F4N3O4. The van der Waals surface area contributed by atoms with Crippen LogP contribution >= 0.6 is 0 Å². The molecule has 3 aromatic carbocycles. The van der Waals surface area contributed by atoms with E-state index in [2.05, 4.69) is 0 Å². The molecule has 0 aliphatic carbocycles. The summed E-state index contributed by atoms with van der Waals surface area (Å²) in [6, 6.07) is 17.9. The van der Waals surface area contributed by atoms with Gasteiger partial charge in [-0.2, -0.15) is 13.2 Å². The van der Waals surface area contributed by atoms with Gasteiger partial charge >= 0.3 is 11.9 Å². The molecule has 2 N–H and O–H groups in total. The average molecular weight is 501 g/mol. The summed E-state index contributed by atoms with van der Waals surface area (Å²) in [5, 5.41) is 0. The van der Waals surface area contributed by atoms with Gasteiger partial charge in [-0.1, -0.05) is 42.5 Å². The fourth-order valence-electron chi connectivity index (χ4n) is 3.44. The van der Waals surface area contributed by atoms with E-state index in [4.69, 9.17) is 15.2 Å². The third-order valence-electron chi connectivity index (χ3n) is 5.24. The van der Waals surface area contributed by atoms with Crippen LogP contribution in [0.25, 0.3) is 5.69 Å². The first-order chi connectivity index (χ1) is 17.1. The van der Waals surface area contributed by atoms with Crippen molar-refractivity contribution in [1.29, 1.82) is 0 Å². The quantitative estimate of drug-likeness (QED) is 0.307. The zero-order valence-corrected chi connectivity index (χ0v) is 18.8. The van der Waals surface area contributed by atoms with Gasteiger partial charge in [0.1, 0.15) is 18.1 Å². The standard InChI is InChI=1S/C25H19F4N3O4/c1-31-22(25(27,28)29)13-23(33)32(24(31)34)18-12-21(17(30)11-16(18)26)36-20-10-6-5-9-19(20)35-14-15-7-3-2-4-8-15/h2-13H,14,30H2,1H3. The second kappa shape index (κ2) is 9.61. The Balaban J connectivity index is 1.73. The van der Waals surface area contributed by atoms with Gasteiger partial charge in [-0.15, -0.1) is 0 Å². The molecule has 36 heavy (non-hydrogen) atoms. The van der Waals surface area contributed by atoms with E-state index in [-0.39, 0.29) is 39.0 Å². The van der Waals surface area contributed by atoms with E-state index in [1.165, 1.54) is 0 Å². The molecule has 0 fully saturated rings. The number of hydrogen-bond donors (Lipinski definition) is 1. The average Bonchev–Trinajstić information content (AvgIpc) is 2.83. The number of nitrogen functional groups attached to an aromatic ring is 1. The Morgan fingerprint density at radius 3 is 2.19 bits per heavy atom. The van der Waals surface area contributed by atoms with Crippen LogP contribution in [0.15, 0.2) is 82.4 Å². The maximum atomic E-state index is 14.8. The molecule has 1 heterocycles. The highest BCUT2D eigenvalue weighted by molar-refractivity contribution is 5.60. The second-order valence-corrected chi connectivity index (χ2v) is 7.71. The maximum absolute atomic E-state index is 14.8. The van der Waals surface area contributed by atoms with E-state index in [0.717, 1.165) is 24.7 Å². The van der Waals surface area contributed by atoms with Crippen LogP contribution in [0.5, 0.6) is 17.2 Å². The molecule has 4 aromatic rings. The van der Waals surface area contributed by atoms with E-state index in [1.807, 2.05) is 30.3 Å². The van der Waals surface area contributed by atoms with Crippen molar-refractivity contribution in [2.24, 2.45) is 7.05 Å². The molecule has 0 atom stereocenters. The molecule has 11 heteroatoms. The first-order valence-electron chi connectivity index (χ1n) is 10.5. The van der Waals surface area contributed by atoms with Gasteiger partial charge in [-0.05, 0) is 17.7 Å². The fourth-order valence-corrected chi connectivity index (χ4v) is 3.44. The summed E-state index contributed by atoms with van der Waals surface area (Å²) in [7, 11) is 0.827. The van der Waals surface area contributed by atoms with Crippen molar-refractivity contribution in [3.63, 3.8) is 0 Å². The lowest BCUT2D eigenvalue weighted by molar-refractivity contribution is -0.144. The fraction of sp³-hybridized carbons (Fsp3) is 0.120. The lowest BCUT2D eigenvalue weighted by Gasteiger charge is -2.17. The van der Waals surface area contributed by atoms with Gasteiger partial charge in [0.15, 0.2) is 17.2 Å². The summed E-state index contributed by atoms with van der Waals surface area (Å²) in [5.74, 6) is -0.719. The highest BCUT2D eigenvalue weighted by atomic mass is 19.4. The molecule has 186 valence electrons. The van der Waals surface area contributed by atoms with E-state index < -0.39 is 34.6 Å². The molecule has 0 amide bonds. The molecule has 0 saturated carbocycles. The molecule has 7 nitrogen and oxygen atoms in total. The number of hydrogen-bond acceptors (Lipinski definition) is 5. The van der Waals surface area contributed by atoms with Gasteiger partial charge in [0.2, 0.25) is 0 Å². The van der Waals surface area contributed by atoms with Crippen molar-refractivity contribution < 1.29 is 27.0 Å². The van der Waals surface area contributed by atoms with Crippen molar-refractivity contribution >= 4 is 5.69 Å². The summed E-state index contributed by atoms with van der Waals surface area (Å²) in [4.78, 5) is 25.0. The number of aromatic nitrogens is 2. The largest absolute Gasteiger partial charge is 0.485 e. The Bertz CT molecular complexity index is 1530. The number of halogens is 4. The van der Waals surface area contributed by atoms with Gasteiger partial charge < -0.3 is 15.2 Å². The number of nitrogens with zero attached hydrogens (tertiary/aromatic N) is 2. The number of anilines is 1. The van der Waals surface area contributed by atoms with Crippen LogP contribution in [0, 0.1) is 5.82 Å². The van der Waals surface area contributed by atoms with Crippen LogP contribution in [-0.2, 0) is 19.8 Å². The molecule has 0 aliphatic rings. The second-order valence-electron chi connectivity index (χ2n) is 7.71. The highest BCUT2D eigenvalue weighted by Crippen LogP contribution is 2.36. The van der Waals surface area contributed by atoms with Crippen LogP contribution in [0.3, 0.4) is 0 Å². The number of alkyl halides is 3. The van der Waals surface area contributed by atoms with Crippen LogP contribution in [-0.4, -0.2) is 9.13 Å². The van der Waals surface area contributed by atoms with Crippen molar-refractivity contribution in [3.05, 3.63) is 111 Å². The molecule has 4 rings (SSSR count). The molecule has 0 unspecified atom stereocenters. The van der Waals surface area contributed by atoms with E-state index in [0.29, 0.717) is 5.75 Å². The minimum Gasteiger partial charge on any atom is -0.485 e. The van der Waals surface area contributed by atoms with Crippen LogP contribution in [0.1, 0.15) is 11.3 Å². The number of para-hydroxylation sites is 2. The molecule has 0 spiro atoms. The van der Waals surface area contributed by atoms with Gasteiger partial charge in [0, 0.05) is 25.2 Å². The predicted octanol–water partition coefficient (Wildman–Crippen LogP) is 4.65. The normalized spacial score (nSPS) is 11.4. The Kier molecular flexibility index (Phi) is 6.56. The lowest BCUT2D eigenvalue weighted by Crippen LogP contribution is -2.41. The third-order valence-corrected chi connectivity index (χ3v) is 5.24. The van der Waals surface area contributed by atoms with Crippen LogP contribution in [0.2, 0.25) is 0 Å². The zero-order chi connectivity index (χ0) is 26.0. The summed E-state index contributed by atoms with van der Waals surface area (Å²) >= 11 is 0. The van der Waals surface area contributed by atoms with Crippen molar-refractivity contribution in [2.45, 2.75) is 12.8 Å². The molecular weight excluding hydrogens is 482 g/mol. The third kappa shape index (κ3) is 4.95. The van der Waals surface area contributed by atoms with E-state index in [9.17, 15) is 27.2 Å². The number of ether oxygens (including phenoxy) is 2. The number of nitrogens with two attached hydrogens (primary N) is 1. The van der Waals surface area contributed by atoms with E-state index in [1.54, 1.807) is 24.3 Å². The molecule has 0 bridgehead atoms. The van der Waals surface area contributed by atoms with Crippen LogP contribution in [0.4, 0.5) is 23.2 Å². The minimum atomic E-state index is -4.95. The van der Waals surface area contributed by atoms with Crippen molar-refractivity contribution in [3.8, 4) is 22.9 Å². The topological polar surface area (TPSA) is 88.5 Å². The van der Waals surface area contributed by atoms with Gasteiger partial charge in [-0.25, -0.2) is 13.8 Å². The maximum Gasteiger partial charge on any atom is 0.431 e. The van der Waals surface area contributed by atoms with Gasteiger partial charge in [0.25, 0.3) is 5.56 Å². The molecule has 0 aliphatic heterocycles. The Morgan fingerprint density at radius 1 is 0.889 bits per heavy atom. The zero-order valence-electron chi connectivity index (χ0n) is 18.8. The highest BCUT2D eigenvalue weighted by Gasteiger charge is 2.35. The monoisotopic (exact) mass is 501 g/mol. The lowest BCUT2D eigenvalue weighted by atomic mass is 10.2. The first-order valence-corrected chi connectivity index (χ1v) is 10.5. The molecule has 0 radical (unpaired) electrons. The summed E-state index contributed by atoms with van der Waals surface area (Å²) in [6.45, 7) is 0.225. The van der Waals surface area contributed by atoms with Gasteiger partial charge in [-0.3, -0.25) is 9.36 Å². The number of benzene rings is 3. The van der Waals surface area contributed by atoms with Gasteiger partial charge in [0.05, 0.1) is 11.4 Å². The molecule has 1 aromatic heterocycles. The van der Waals surface area contributed by atoms with E-state index >= 15 is 0 Å². The first kappa shape index (κ1) is 24.6. The Morgan fingerprint density at radius 2 is 1.53 bits per heavy atom. The van der Waals surface area contributed by atoms with Crippen molar-refractivity contribution in [2.75, 3.05) is 5.73 Å². The summed E-state index contributed by atoms with van der Waals surface area (Å²) < 4.78 is 66.4. The predicted molar refractivity (Wildman–Crippen MR) is 124 cm³/mol.